The summed E-state index contributed by atoms with van der Waals surface area (Å²) in [7, 11) is 0. The number of rotatable bonds is 6. The third-order valence-corrected chi connectivity index (χ3v) is 26.3. The van der Waals surface area contributed by atoms with Crippen molar-refractivity contribution in [3.63, 3.8) is 0 Å². The summed E-state index contributed by atoms with van der Waals surface area (Å²) in [4.78, 5) is 40.7. The number of piperidine rings is 8. The van der Waals surface area contributed by atoms with Crippen LogP contribution in [0.5, 0.6) is 0 Å². The van der Waals surface area contributed by atoms with Crippen LogP contribution in [0.1, 0.15) is 310 Å². The van der Waals surface area contributed by atoms with Crippen LogP contribution in [0.3, 0.4) is 0 Å². The molecule has 2 N–H and O–H groups in total. The number of hydrogen-bond donors (Lipinski definition) is 1. The van der Waals surface area contributed by atoms with E-state index in [2.05, 4.69) is 241 Å². The van der Waals surface area contributed by atoms with Crippen LogP contribution >= 0.6 is 0 Å². The molecule has 12 aliphatic rings. The maximum Gasteiger partial charge on any atom is 0.225 e. The van der Waals surface area contributed by atoms with Gasteiger partial charge in [-0.05, 0) is 310 Å². The highest BCUT2D eigenvalue weighted by atomic mass is 19.1. The van der Waals surface area contributed by atoms with Crippen LogP contribution in [0.25, 0.3) is 0 Å². The molecule has 0 radical (unpaired) electrons. The Bertz CT molecular complexity index is 2410. The predicted octanol–water partition coefficient (Wildman–Crippen LogP) is 17.1. The highest BCUT2D eigenvalue weighted by Gasteiger charge is 2.48. The fourth-order valence-electron chi connectivity index (χ4n) is 21.4. The van der Waals surface area contributed by atoms with Crippen molar-refractivity contribution >= 4 is 5.91 Å². The van der Waals surface area contributed by atoms with Crippen LogP contribution in [0, 0.1) is 47.3 Å². The smallest absolute Gasteiger partial charge is 0.225 e. The number of nitrogens with two attached hydrogens (primary N) is 1. The number of ether oxygens (including phenoxy) is 1. The van der Waals surface area contributed by atoms with Crippen LogP contribution in [0.15, 0.2) is 0 Å². The number of hydrogen-bond acceptors (Lipinski definition) is 13. The largest absolute Gasteiger partial charge is 0.373 e. The lowest BCUT2D eigenvalue weighted by Crippen LogP contribution is -2.58. The zero-order valence-electron chi connectivity index (χ0n) is 75.9. The van der Waals surface area contributed by atoms with Crippen LogP contribution in [-0.2, 0) is 9.53 Å². The number of morpholine rings is 1. The minimum atomic E-state index is -0.689. The number of halogens is 1. The van der Waals surface area contributed by atoms with Crippen molar-refractivity contribution in [3.05, 3.63) is 0 Å². The van der Waals surface area contributed by atoms with Crippen molar-refractivity contribution in [2.75, 3.05) is 124 Å². The first-order chi connectivity index (χ1) is 48.9. The molecular formula is C91H181FN12O2. The maximum absolute atomic E-state index is 14.6. The maximum atomic E-state index is 14.6. The minimum absolute atomic E-state index is 0. The summed E-state index contributed by atoms with van der Waals surface area (Å²) < 4.78 is 20.4. The van der Waals surface area contributed by atoms with E-state index in [0.29, 0.717) is 53.2 Å². The average molecular weight is 1490 g/mol. The van der Waals surface area contributed by atoms with Crippen LogP contribution in [0.2, 0.25) is 0 Å². The summed E-state index contributed by atoms with van der Waals surface area (Å²) in [5, 5.41) is 0. The van der Waals surface area contributed by atoms with Crippen molar-refractivity contribution in [1.29, 1.82) is 0 Å². The van der Waals surface area contributed by atoms with Gasteiger partial charge in [0.2, 0.25) is 5.91 Å². The van der Waals surface area contributed by atoms with Gasteiger partial charge in [0, 0.05) is 199 Å². The lowest BCUT2D eigenvalue weighted by atomic mass is 9.86. The monoisotopic (exact) mass is 1490 g/mol. The molecule has 106 heavy (non-hydrogen) atoms. The Balaban J connectivity index is 0.000000198. The Morgan fingerprint density at radius 1 is 0.358 bits per heavy atom. The lowest BCUT2D eigenvalue weighted by Gasteiger charge is -2.50. The molecular weight excluding hydrogens is 1310 g/mol. The summed E-state index contributed by atoms with van der Waals surface area (Å²) >= 11 is 0. The predicted molar refractivity (Wildman–Crippen MR) is 454 cm³/mol. The molecule has 12 rings (SSSR count). The van der Waals surface area contributed by atoms with E-state index < -0.39 is 6.17 Å². The number of amides is 1. The molecule has 12 aliphatic heterocycles. The zero-order chi connectivity index (χ0) is 79.4. The van der Waals surface area contributed by atoms with Gasteiger partial charge in [0.15, 0.2) is 0 Å². The van der Waals surface area contributed by atoms with Gasteiger partial charge in [-0.1, -0.05) is 55.4 Å². The molecule has 0 aromatic carbocycles. The average Bonchev–Trinajstić information content (AvgIpc) is 1.60. The molecule has 14 nitrogen and oxygen atoms in total. The first kappa shape index (κ1) is 93.8. The van der Waals surface area contributed by atoms with Gasteiger partial charge >= 0.3 is 0 Å². The van der Waals surface area contributed by atoms with Crippen molar-refractivity contribution < 1.29 is 13.9 Å². The number of alkyl halides is 1. The second-order valence-electron chi connectivity index (χ2n) is 44.3. The molecule has 2 bridgehead atoms. The molecule has 0 saturated carbocycles. The van der Waals surface area contributed by atoms with Gasteiger partial charge in [0.25, 0.3) is 0 Å². The molecule has 15 heteroatoms. The molecule has 0 spiro atoms. The molecule has 0 aromatic heterocycles. The Morgan fingerprint density at radius 2 is 0.717 bits per heavy atom. The van der Waals surface area contributed by atoms with E-state index in [0.717, 1.165) is 150 Å². The van der Waals surface area contributed by atoms with Gasteiger partial charge in [-0.2, -0.15) is 0 Å². The third kappa shape index (κ3) is 30.6. The van der Waals surface area contributed by atoms with Crippen molar-refractivity contribution in [2.45, 2.75) is 410 Å². The van der Waals surface area contributed by atoms with E-state index in [9.17, 15) is 9.18 Å². The second-order valence-corrected chi connectivity index (χ2v) is 44.3. The molecule has 15 atom stereocenters. The van der Waals surface area contributed by atoms with Gasteiger partial charge in [-0.25, -0.2) is 4.39 Å². The normalized spacial score (nSPS) is 35.1. The van der Waals surface area contributed by atoms with Crippen molar-refractivity contribution in [1.82, 2.24) is 53.9 Å². The van der Waals surface area contributed by atoms with E-state index in [4.69, 9.17) is 10.5 Å². The zero-order valence-corrected chi connectivity index (χ0v) is 75.9. The number of carbonyl (C=O) groups is 1. The third-order valence-electron chi connectivity index (χ3n) is 26.3. The van der Waals surface area contributed by atoms with E-state index in [1.54, 1.807) is 0 Å². The standard InChI is InChI=1S/C18H34N2.C16H31FN2.C16H30N2O.C14H28N2O.C13H26N2.C10H21N.C4H11N/c1-13-8-14(2)12-19(11-13)17-9-15-6-7-16(10-17)20(15)18(3,4)5;1-12-8-13(2)10-18(9-12)15-6-7-19(11-14(15)17)16(3,4)5;1-12-10-13(2)15(19)18(11-12)14-6-8-17(9-7-14)16(3,4)5;1-11-8-15(9-12(2)17-11)13-6-7-16(10-13)14(3,4)5;1-13(2,3)15-10-6-12(7-11-15)14-8-4-5-9-14;1-8(2)11-6-9(3)5-10(4)7-11;1-4(2,3)5/h13-17H,6-12H2,1-5H3;12-15H,6-11H2,1-5H3;12-14H,6-11H2,1-5H3;11-13H,6-10H2,1-5H3;12H,4-11H2,1-3H3;8-10H,5-7H2,1-4H3;5H2,1-3H3. The number of carbonyl (C=O) groups excluding carboxylic acids is 1. The summed E-state index contributed by atoms with van der Waals surface area (Å²) in [5.41, 5.74) is 6.76. The fourth-order valence-corrected chi connectivity index (χ4v) is 21.4. The Hall–Kier alpha value is -1.08. The Kier molecular flexibility index (Phi) is 36.2. The quantitative estimate of drug-likeness (QED) is 0.274. The SMILES string of the molecule is CC(C)(C)N.CC(C)(C)N1CCC(N2CCCC2)CC1.CC1CC(C)C(=O)N(C2CCN(C(C)(C)C)CC2)C1.CC1CC(C)CN(C(C)C)C1.CC1CC(C)CN(C2CC3CCC(C2)N3C(C)(C)C)C1.CC1CC(C)CN(C2CCN(C(C)(C)C)CC2F)C1.CC1CN(C2CCN(C(C)(C)C)C2)CC(C)O1. The van der Waals surface area contributed by atoms with E-state index >= 15 is 0 Å². The fraction of sp³-hybridized carbons (Fsp3) is 0.989. The summed E-state index contributed by atoms with van der Waals surface area (Å²) in [5.74, 6) is 6.33. The molecule has 12 fully saturated rings. The second kappa shape index (κ2) is 41.0. The van der Waals surface area contributed by atoms with Gasteiger partial charge in [-0.15, -0.1) is 0 Å². The van der Waals surface area contributed by atoms with Gasteiger partial charge in [-0.3, -0.25) is 44.0 Å². The van der Waals surface area contributed by atoms with Crippen LogP contribution in [0.4, 0.5) is 4.39 Å². The molecule has 15 unspecified atom stereocenters. The van der Waals surface area contributed by atoms with E-state index in [-0.39, 0.29) is 28.6 Å². The lowest BCUT2D eigenvalue weighted by molar-refractivity contribution is -0.143. The van der Waals surface area contributed by atoms with E-state index in [1.165, 1.54) is 142 Å². The topological polar surface area (TPSA) is 88.0 Å². The Labute approximate surface area is 658 Å². The number of fused-ring (bicyclic) bond motifs is 2. The van der Waals surface area contributed by atoms with Crippen LogP contribution < -0.4 is 5.73 Å². The highest BCUT2D eigenvalue weighted by Crippen LogP contribution is 2.43. The highest BCUT2D eigenvalue weighted by molar-refractivity contribution is 5.79. The van der Waals surface area contributed by atoms with E-state index in [1.807, 2.05) is 20.8 Å². The Morgan fingerprint density at radius 3 is 1.11 bits per heavy atom. The first-order valence-corrected chi connectivity index (χ1v) is 44.8. The molecule has 0 aliphatic carbocycles. The molecule has 12 saturated heterocycles. The number of likely N-dealkylation sites (tertiary alicyclic amines) is 9. The molecule has 12 heterocycles. The van der Waals surface area contributed by atoms with Crippen molar-refractivity contribution in [2.24, 2.45) is 53.1 Å². The minimum Gasteiger partial charge on any atom is -0.373 e. The van der Waals surface area contributed by atoms with Gasteiger partial charge < -0.3 is 25.2 Å². The van der Waals surface area contributed by atoms with Crippen LogP contribution in [-0.4, -0.2) is 284 Å². The summed E-state index contributed by atoms with van der Waals surface area (Å²) in [6.45, 7) is 90.4. The number of nitrogens with zero attached hydrogens (tertiary/aromatic N) is 11. The van der Waals surface area contributed by atoms with Gasteiger partial charge in [0.05, 0.1) is 12.2 Å². The first-order valence-electron chi connectivity index (χ1n) is 44.8. The van der Waals surface area contributed by atoms with Gasteiger partial charge in [0.1, 0.15) is 6.17 Å². The summed E-state index contributed by atoms with van der Waals surface area (Å²) in [6.07, 6.45) is 21.3. The van der Waals surface area contributed by atoms with Crippen molar-refractivity contribution in [3.8, 4) is 0 Å². The summed E-state index contributed by atoms with van der Waals surface area (Å²) in [6, 6.07) is 5.59. The molecule has 0 aromatic rings. The molecule has 1 amide bonds. The molecule has 624 valence electrons.